The van der Waals surface area contributed by atoms with Gasteiger partial charge in [0.1, 0.15) is 5.76 Å². The molecule has 13 heteroatoms. The van der Waals surface area contributed by atoms with Gasteiger partial charge in [-0.05, 0) is 99.4 Å². The van der Waals surface area contributed by atoms with Crippen molar-refractivity contribution in [3.63, 3.8) is 0 Å². The predicted octanol–water partition coefficient (Wildman–Crippen LogP) is 7.70. The number of piperidine rings is 1. The van der Waals surface area contributed by atoms with E-state index in [1.807, 2.05) is 64.1 Å². The number of benzene rings is 3. The number of ketones is 1. The Morgan fingerprint density at radius 3 is 2.33 bits per heavy atom. The lowest BCUT2D eigenvalue weighted by Gasteiger charge is -2.36. The zero-order valence-electron chi connectivity index (χ0n) is 30.5. The fourth-order valence-corrected chi connectivity index (χ4v) is 8.14. The average Bonchev–Trinajstić information content (AvgIpc) is 3.95. The highest BCUT2D eigenvalue weighted by molar-refractivity contribution is 6.42. The van der Waals surface area contributed by atoms with Gasteiger partial charge in [0.25, 0.3) is 5.91 Å². The number of furan rings is 1. The molecule has 0 N–H and O–H groups in total. The number of para-hydroxylation sites is 2. The summed E-state index contributed by atoms with van der Waals surface area (Å²) in [5, 5.41) is 0.934. The molecule has 2 aliphatic heterocycles. The summed E-state index contributed by atoms with van der Waals surface area (Å²) >= 11 is 12.9. The van der Waals surface area contributed by atoms with Gasteiger partial charge in [0, 0.05) is 36.9 Å². The maximum Gasteiger partial charge on any atom is 0.308 e. The first-order valence-corrected chi connectivity index (χ1v) is 18.8. The zero-order valence-corrected chi connectivity index (χ0v) is 32.0. The Balaban J connectivity index is 1.06. The van der Waals surface area contributed by atoms with Gasteiger partial charge in [-0.15, -0.1) is 0 Å². The molecule has 0 radical (unpaired) electrons. The highest BCUT2D eigenvalue weighted by Gasteiger charge is 2.42. The number of hydrogen-bond donors (Lipinski definition) is 0. The molecule has 0 spiro atoms. The number of ether oxygens (including phenoxy) is 3. The molecular formula is C41H42Cl2N4O7. The molecule has 11 nitrogen and oxygen atoms in total. The minimum Gasteiger partial charge on any atom is -0.493 e. The molecule has 7 rings (SSSR count). The summed E-state index contributed by atoms with van der Waals surface area (Å²) in [6.07, 6.45) is 4.57. The van der Waals surface area contributed by atoms with Crippen LogP contribution in [0.3, 0.4) is 0 Å². The highest BCUT2D eigenvalue weighted by Crippen LogP contribution is 2.43. The van der Waals surface area contributed by atoms with Crippen molar-refractivity contribution in [1.29, 1.82) is 0 Å². The van der Waals surface area contributed by atoms with Crippen molar-refractivity contribution >= 4 is 51.9 Å². The lowest BCUT2D eigenvalue weighted by Crippen LogP contribution is -2.41. The normalized spacial score (nSPS) is 17.9. The van der Waals surface area contributed by atoms with Crippen LogP contribution in [0, 0.1) is 5.92 Å². The first-order chi connectivity index (χ1) is 26.1. The van der Waals surface area contributed by atoms with Gasteiger partial charge in [-0.3, -0.25) is 14.4 Å². The van der Waals surface area contributed by atoms with E-state index < -0.39 is 5.97 Å². The van der Waals surface area contributed by atoms with Gasteiger partial charge in [-0.2, -0.15) is 0 Å². The van der Waals surface area contributed by atoms with Gasteiger partial charge in [0.05, 0.1) is 48.1 Å². The van der Waals surface area contributed by atoms with Crippen LogP contribution in [0.2, 0.25) is 10.0 Å². The molecule has 54 heavy (non-hydrogen) atoms. The number of hydrogen-bond acceptors (Lipinski definition) is 9. The van der Waals surface area contributed by atoms with Crippen molar-refractivity contribution < 1.29 is 33.0 Å². The molecule has 0 saturated carbocycles. The maximum atomic E-state index is 14.1. The van der Waals surface area contributed by atoms with E-state index in [4.69, 9.17) is 46.8 Å². The van der Waals surface area contributed by atoms with E-state index in [1.54, 1.807) is 18.4 Å². The minimum atomic E-state index is -0.533. The van der Waals surface area contributed by atoms with Crippen molar-refractivity contribution in [3.05, 3.63) is 106 Å². The summed E-state index contributed by atoms with van der Waals surface area (Å²) in [7, 11) is 2.89. The van der Waals surface area contributed by atoms with Crippen LogP contribution in [0.15, 0.2) is 77.4 Å². The van der Waals surface area contributed by atoms with Gasteiger partial charge < -0.3 is 33.0 Å². The molecule has 0 bridgehead atoms. The number of methoxy groups -OCH3 is 2. The molecule has 5 aromatic rings. The Bertz CT molecular complexity index is 2150. The molecular weight excluding hydrogens is 731 g/mol. The van der Waals surface area contributed by atoms with E-state index in [0.29, 0.717) is 41.1 Å². The minimum absolute atomic E-state index is 0.0591. The van der Waals surface area contributed by atoms with E-state index in [2.05, 4.69) is 4.90 Å². The van der Waals surface area contributed by atoms with Crippen LogP contribution < -0.4 is 14.2 Å². The van der Waals surface area contributed by atoms with Crippen LogP contribution >= 0.6 is 23.2 Å². The first kappa shape index (κ1) is 37.5. The molecule has 2 fully saturated rings. The molecule has 2 saturated heterocycles. The Labute approximate surface area is 323 Å². The number of carbonyl (C=O) groups excluding carboxylic acids is 3. The number of halogens is 2. The van der Waals surface area contributed by atoms with Gasteiger partial charge in [0.2, 0.25) is 11.5 Å². The monoisotopic (exact) mass is 772 g/mol. The molecule has 1 amide bonds. The number of rotatable bonds is 12. The SMILES string of the molecule is COc1cc(C(=O)N2CCC(CCN3CCC(C(=O)c4nc5ccccc5n4Cc4ccco4)CC3)(c3ccc(Cl)c(Cl)c3)C2)cc(OC)c1OC(C)=O. The summed E-state index contributed by atoms with van der Waals surface area (Å²) in [4.78, 5) is 48.8. The summed E-state index contributed by atoms with van der Waals surface area (Å²) in [5.41, 5.74) is 2.68. The Kier molecular flexibility index (Phi) is 11.0. The van der Waals surface area contributed by atoms with Crippen LogP contribution in [-0.4, -0.2) is 84.0 Å². The fraction of sp³-hybridized carbons (Fsp3) is 0.366. The summed E-state index contributed by atoms with van der Waals surface area (Å²) < 4.78 is 23.9. The molecule has 282 valence electrons. The largest absolute Gasteiger partial charge is 0.493 e. The maximum absolute atomic E-state index is 14.1. The van der Waals surface area contributed by atoms with Crippen LogP contribution in [0.25, 0.3) is 11.0 Å². The van der Waals surface area contributed by atoms with E-state index in [-0.39, 0.29) is 40.3 Å². The van der Waals surface area contributed by atoms with Gasteiger partial charge >= 0.3 is 5.97 Å². The van der Waals surface area contributed by atoms with Crippen LogP contribution in [0.5, 0.6) is 17.2 Å². The standard InChI is InChI=1S/C41H42Cl2N4O7/c1-26(48)54-38-35(51-2)21-28(22-36(38)52-3)40(50)46-19-15-41(25-46,29-10-11-31(42)32(43)23-29)14-18-45-16-12-27(13-17-45)37(49)39-44-33-8-4-5-9-34(33)47(39)24-30-7-6-20-53-30/h4-11,20-23,27H,12-19,24-25H2,1-3H3. The number of Topliss-reactive ketones (excluding diaryl/α,β-unsaturated/α-hetero) is 1. The Hall–Kier alpha value is -4.84. The molecule has 2 aromatic heterocycles. The van der Waals surface area contributed by atoms with Crippen molar-refractivity contribution in [3.8, 4) is 17.2 Å². The third-order valence-electron chi connectivity index (χ3n) is 10.8. The average molecular weight is 774 g/mol. The van der Waals surface area contributed by atoms with E-state index in [0.717, 1.165) is 67.7 Å². The second-order valence-corrected chi connectivity index (χ2v) is 14.8. The van der Waals surface area contributed by atoms with E-state index in [9.17, 15) is 14.4 Å². The quantitative estimate of drug-likeness (QED) is 0.0715. The zero-order chi connectivity index (χ0) is 38.0. The van der Waals surface area contributed by atoms with Crippen molar-refractivity contribution in [2.24, 2.45) is 5.92 Å². The second kappa shape index (κ2) is 15.9. The van der Waals surface area contributed by atoms with Crippen LogP contribution in [0.1, 0.15) is 64.9 Å². The van der Waals surface area contributed by atoms with E-state index >= 15 is 0 Å². The summed E-state index contributed by atoms with van der Waals surface area (Å²) in [6.45, 7) is 5.01. The molecule has 4 heterocycles. The van der Waals surface area contributed by atoms with E-state index in [1.165, 1.54) is 21.1 Å². The molecule has 1 atom stereocenters. The Morgan fingerprint density at radius 2 is 1.67 bits per heavy atom. The lowest BCUT2D eigenvalue weighted by molar-refractivity contribution is -0.132. The third kappa shape index (κ3) is 7.58. The number of fused-ring (bicyclic) bond motifs is 1. The number of esters is 1. The molecule has 3 aromatic carbocycles. The number of carbonyl (C=O) groups is 3. The summed E-state index contributed by atoms with van der Waals surface area (Å²) in [6, 6.07) is 20.4. The Morgan fingerprint density at radius 1 is 0.926 bits per heavy atom. The number of likely N-dealkylation sites (tertiary alicyclic amines) is 2. The number of amides is 1. The topological polar surface area (TPSA) is 116 Å². The van der Waals surface area contributed by atoms with Crippen molar-refractivity contribution in [2.75, 3.05) is 46.9 Å². The number of aromatic nitrogens is 2. The molecule has 0 aliphatic carbocycles. The highest BCUT2D eigenvalue weighted by atomic mass is 35.5. The second-order valence-electron chi connectivity index (χ2n) is 14.0. The van der Waals surface area contributed by atoms with Crippen molar-refractivity contribution in [1.82, 2.24) is 19.4 Å². The fourth-order valence-electron chi connectivity index (χ4n) is 7.84. The lowest BCUT2D eigenvalue weighted by atomic mass is 9.76. The van der Waals surface area contributed by atoms with Crippen molar-refractivity contribution in [2.45, 2.75) is 44.6 Å². The third-order valence-corrected chi connectivity index (χ3v) is 11.5. The number of nitrogens with zero attached hydrogens (tertiary/aromatic N) is 4. The number of imidazole rings is 1. The van der Waals surface area contributed by atoms with Crippen LogP contribution in [-0.2, 0) is 16.8 Å². The van der Waals surface area contributed by atoms with Crippen LogP contribution in [0.4, 0.5) is 0 Å². The summed E-state index contributed by atoms with van der Waals surface area (Å²) in [5.74, 6) is 0.989. The van der Waals surface area contributed by atoms with Gasteiger partial charge in [0.15, 0.2) is 17.3 Å². The predicted molar refractivity (Wildman–Crippen MR) is 205 cm³/mol. The van der Waals surface area contributed by atoms with Gasteiger partial charge in [-0.25, -0.2) is 4.98 Å². The molecule has 2 aliphatic rings. The smallest absolute Gasteiger partial charge is 0.308 e. The molecule has 1 unspecified atom stereocenters. The first-order valence-electron chi connectivity index (χ1n) is 18.0. The van der Waals surface area contributed by atoms with Gasteiger partial charge in [-0.1, -0.05) is 41.4 Å².